The van der Waals surface area contributed by atoms with Gasteiger partial charge in [0, 0.05) is 6.42 Å². The highest BCUT2D eigenvalue weighted by Crippen LogP contribution is 2.24. The molecule has 0 spiro atoms. The Morgan fingerprint density at radius 1 is 1.47 bits per heavy atom. The van der Waals surface area contributed by atoms with E-state index >= 15 is 0 Å². The van der Waals surface area contributed by atoms with Crippen molar-refractivity contribution in [3.63, 3.8) is 0 Å². The third-order valence-electron chi connectivity index (χ3n) is 2.32. The van der Waals surface area contributed by atoms with Gasteiger partial charge in [-0.1, -0.05) is 40.6 Å². The first kappa shape index (κ1) is 9.71. The van der Waals surface area contributed by atoms with Crippen LogP contribution in [0, 0.1) is 0 Å². The van der Waals surface area contributed by atoms with E-state index in [9.17, 15) is 0 Å². The summed E-state index contributed by atoms with van der Waals surface area (Å²) in [4.78, 5) is 5.23. The topological polar surface area (TPSA) is 54.2 Å². The number of rotatable bonds is 2. The standard InChI is InChI=1S/C11H12N2O2/c1-11(8-12-14)7-10(13-15-11)9-5-3-2-4-6-9/h2-6,8,14H,7H2,1H3/t11-/m0/s1. The van der Waals surface area contributed by atoms with Crippen molar-refractivity contribution in [3.8, 4) is 0 Å². The average Bonchev–Trinajstić information content (AvgIpc) is 2.63. The second-order valence-corrected chi connectivity index (χ2v) is 3.73. The molecule has 78 valence electrons. The van der Waals surface area contributed by atoms with Gasteiger partial charge in [0.1, 0.15) is 0 Å². The van der Waals surface area contributed by atoms with E-state index in [1.165, 1.54) is 6.21 Å². The van der Waals surface area contributed by atoms with Gasteiger partial charge >= 0.3 is 0 Å². The minimum absolute atomic E-state index is 0.612. The Balaban J connectivity index is 2.17. The highest BCUT2D eigenvalue weighted by atomic mass is 16.7. The lowest BCUT2D eigenvalue weighted by molar-refractivity contribution is 0.0540. The lowest BCUT2D eigenvalue weighted by Gasteiger charge is -2.13. The second kappa shape index (κ2) is 3.73. The van der Waals surface area contributed by atoms with Crippen molar-refractivity contribution in [2.45, 2.75) is 18.9 Å². The molecule has 0 saturated heterocycles. The van der Waals surface area contributed by atoms with Crippen LogP contribution < -0.4 is 0 Å². The summed E-state index contributed by atoms with van der Waals surface area (Å²) in [5.74, 6) is 0. The van der Waals surface area contributed by atoms with Crippen molar-refractivity contribution in [2.75, 3.05) is 0 Å². The Bertz CT molecular complexity index is 400. The third kappa shape index (κ3) is 1.98. The molecule has 1 aliphatic rings. The van der Waals surface area contributed by atoms with Gasteiger partial charge in [-0.25, -0.2) is 0 Å². The van der Waals surface area contributed by atoms with Gasteiger partial charge in [-0.15, -0.1) is 0 Å². The molecule has 15 heavy (non-hydrogen) atoms. The Kier molecular flexibility index (Phi) is 2.41. The van der Waals surface area contributed by atoms with Crippen LogP contribution >= 0.6 is 0 Å². The van der Waals surface area contributed by atoms with Crippen molar-refractivity contribution in [1.29, 1.82) is 0 Å². The molecular formula is C11H12N2O2. The van der Waals surface area contributed by atoms with Gasteiger partial charge in [-0.05, 0) is 12.5 Å². The normalized spacial score (nSPS) is 25.3. The predicted molar refractivity (Wildman–Crippen MR) is 57.4 cm³/mol. The van der Waals surface area contributed by atoms with E-state index in [1.54, 1.807) is 0 Å². The summed E-state index contributed by atoms with van der Waals surface area (Å²) in [7, 11) is 0. The number of hydrogen-bond acceptors (Lipinski definition) is 4. The average molecular weight is 204 g/mol. The Hall–Kier alpha value is -1.84. The van der Waals surface area contributed by atoms with Gasteiger partial charge in [0.15, 0.2) is 5.60 Å². The van der Waals surface area contributed by atoms with Gasteiger partial charge in [0.2, 0.25) is 0 Å². The quantitative estimate of drug-likeness (QED) is 0.455. The molecule has 0 bridgehead atoms. The zero-order valence-corrected chi connectivity index (χ0v) is 8.42. The minimum Gasteiger partial charge on any atom is -0.411 e. The molecule has 0 unspecified atom stereocenters. The van der Waals surface area contributed by atoms with Crippen LogP contribution in [0.3, 0.4) is 0 Å². The first-order valence-corrected chi connectivity index (χ1v) is 4.72. The van der Waals surface area contributed by atoms with Crippen LogP contribution in [0.4, 0.5) is 0 Å². The summed E-state index contributed by atoms with van der Waals surface area (Å²) < 4.78 is 0. The van der Waals surface area contributed by atoms with Gasteiger partial charge in [0.05, 0.1) is 11.9 Å². The van der Waals surface area contributed by atoms with Gasteiger partial charge in [0.25, 0.3) is 0 Å². The summed E-state index contributed by atoms with van der Waals surface area (Å²) in [6.45, 7) is 1.83. The van der Waals surface area contributed by atoms with Crippen molar-refractivity contribution >= 4 is 11.9 Å². The molecule has 4 nitrogen and oxygen atoms in total. The molecule has 4 heteroatoms. The van der Waals surface area contributed by atoms with Crippen LogP contribution in [-0.4, -0.2) is 22.7 Å². The van der Waals surface area contributed by atoms with Gasteiger partial charge in [-0.3, -0.25) is 0 Å². The van der Waals surface area contributed by atoms with Crippen LogP contribution in [0.2, 0.25) is 0 Å². The second-order valence-electron chi connectivity index (χ2n) is 3.73. The molecule has 0 aromatic heterocycles. The van der Waals surface area contributed by atoms with E-state index in [2.05, 4.69) is 10.3 Å². The Labute approximate surface area is 87.9 Å². The van der Waals surface area contributed by atoms with E-state index in [0.29, 0.717) is 6.42 Å². The van der Waals surface area contributed by atoms with Crippen molar-refractivity contribution < 1.29 is 10.0 Å². The van der Waals surface area contributed by atoms with E-state index in [0.717, 1.165) is 11.3 Å². The summed E-state index contributed by atoms with van der Waals surface area (Å²) in [6.07, 6.45) is 1.97. The van der Waals surface area contributed by atoms with Crippen LogP contribution in [0.15, 0.2) is 40.6 Å². The SMILES string of the molecule is C[C@@]1(C=NO)CC(c2ccccc2)=NO1. The lowest BCUT2D eigenvalue weighted by atomic mass is 9.97. The fourth-order valence-electron chi connectivity index (χ4n) is 1.53. The van der Waals surface area contributed by atoms with Crippen molar-refractivity contribution in [1.82, 2.24) is 0 Å². The van der Waals surface area contributed by atoms with Crippen LogP contribution in [0.25, 0.3) is 0 Å². The summed E-state index contributed by atoms with van der Waals surface area (Å²) in [5, 5.41) is 15.5. The molecule has 0 radical (unpaired) electrons. The zero-order valence-electron chi connectivity index (χ0n) is 8.42. The maximum atomic E-state index is 8.49. The number of benzene rings is 1. The Morgan fingerprint density at radius 3 is 2.87 bits per heavy atom. The summed E-state index contributed by atoms with van der Waals surface area (Å²) in [5.41, 5.74) is 1.28. The predicted octanol–water partition coefficient (Wildman–Crippen LogP) is 2.03. The van der Waals surface area contributed by atoms with E-state index in [1.807, 2.05) is 37.3 Å². The highest BCUT2D eigenvalue weighted by Gasteiger charge is 2.33. The Morgan fingerprint density at radius 2 is 2.20 bits per heavy atom. The smallest absolute Gasteiger partial charge is 0.178 e. The molecule has 1 atom stereocenters. The molecule has 1 aliphatic heterocycles. The largest absolute Gasteiger partial charge is 0.411 e. The molecule has 0 amide bonds. The monoisotopic (exact) mass is 204 g/mol. The van der Waals surface area contributed by atoms with Crippen LogP contribution in [0.1, 0.15) is 18.9 Å². The third-order valence-corrected chi connectivity index (χ3v) is 2.32. The number of oxime groups is 2. The van der Waals surface area contributed by atoms with Crippen molar-refractivity contribution in [2.24, 2.45) is 10.3 Å². The fourth-order valence-corrected chi connectivity index (χ4v) is 1.53. The van der Waals surface area contributed by atoms with Crippen LogP contribution in [-0.2, 0) is 4.84 Å². The number of hydrogen-bond donors (Lipinski definition) is 1. The first-order valence-electron chi connectivity index (χ1n) is 4.72. The van der Waals surface area contributed by atoms with E-state index < -0.39 is 5.60 Å². The maximum Gasteiger partial charge on any atom is 0.178 e. The van der Waals surface area contributed by atoms with Gasteiger partial charge < -0.3 is 10.0 Å². The van der Waals surface area contributed by atoms with Crippen LogP contribution in [0.5, 0.6) is 0 Å². The highest BCUT2D eigenvalue weighted by molar-refractivity contribution is 6.03. The zero-order chi connectivity index (χ0) is 10.7. The fraction of sp³-hybridized carbons (Fsp3) is 0.273. The number of nitrogens with zero attached hydrogens (tertiary/aromatic N) is 2. The first-order chi connectivity index (χ1) is 7.23. The van der Waals surface area contributed by atoms with E-state index in [4.69, 9.17) is 10.0 Å². The molecule has 2 rings (SSSR count). The minimum atomic E-state index is -0.625. The van der Waals surface area contributed by atoms with E-state index in [-0.39, 0.29) is 0 Å². The lowest BCUT2D eigenvalue weighted by Crippen LogP contribution is -2.26. The summed E-state index contributed by atoms with van der Waals surface area (Å²) in [6, 6.07) is 9.81. The van der Waals surface area contributed by atoms with Crippen molar-refractivity contribution in [3.05, 3.63) is 35.9 Å². The molecule has 0 fully saturated rings. The summed E-state index contributed by atoms with van der Waals surface area (Å²) >= 11 is 0. The molecule has 1 heterocycles. The molecule has 0 saturated carbocycles. The molecular weight excluding hydrogens is 192 g/mol. The molecule has 0 aliphatic carbocycles. The molecule has 1 aromatic rings. The maximum absolute atomic E-state index is 8.49. The van der Waals surface area contributed by atoms with Gasteiger partial charge in [-0.2, -0.15) is 0 Å². The molecule has 1 N–H and O–H groups in total. The molecule has 1 aromatic carbocycles.